The lowest BCUT2D eigenvalue weighted by atomic mass is 10.2. The van der Waals surface area contributed by atoms with Crippen molar-refractivity contribution in [2.75, 3.05) is 24.2 Å². The molecule has 6 nitrogen and oxygen atoms in total. The first-order chi connectivity index (χ1) is 9.77. The molecule has 1 aromatic carbocycles. The minimum absolute atomic E-state index is 0.00391. The predicted octanol–water partition coefficient (Wildman–Crippen LogP) is 1.38. The largest absolute Gasteiger partial charge is 0.497 e. The number of hydrogen-bond acceptors (Lipinski definition) is 4. The highest BCUT2D eigenvalue weighted by molar-refractivity contribution is 7.92. The third-order valence-corrected chi connectivity index (χ3v) is 4.19. The molecule has 0 aliphatic carbocycles. The van der Waals surface area contributed by atoms with E-state index in [9.17, 15) is 13.2 Å². The number of nitrogens with zero attached hydrogens (tertiary/aromatic N) is 1. The maximum absolute atomic E-state index is 11.9. The van der Waals surface area contributed by atoms with Crippen molar-refractivity contribution in [3.63, 3.8) is 0 Å². The molecule has 0 unspecified atom stereocenters. The Labute approximate surface area is 126 Å². The lowest BCUT2D eigenvalue weighted by molar-refractivity contribution is -0.120. The van der Waals surface area contributed by atoms with Gasteiger partial charge < -0.3 is 10.1 Å². The van der Waals surface area contributed by atoms with Crippen LogP contribution in [-0.2, 0) is 14.8 Å². The first-order valence-electron chi connectivity index (χ1n) is 6.69. The van der Waals surface area contributed by atoms with Crippen molar-refractivity contribution >= 4 is 21.6 Å². The Balaban J connectivity index is 2.99. The van der Waals surface area contributed by atoms with Crippen LogP contribution in [0.5, 0.6) is 5.75 Å². The van der Waals surface area contributed by atoms with Crippen LogP contribution in [0.15, 0.2) is 24.3 Å². The molecular formula is C14H22N2O4S. The molecule has 1 atom stereocenters. The average Bonchev–Trinajstić information content (AvgIpc) is 2.43. The molecule has 0 aromatic heterocycles. The summed E-state index contributed by atoms with van der Waals surface area (Å²) in [6, 6.07) is 6.60. The molecule has 0 bridgehead atoms. The van der Waals surface area contributed by atoms with Gasteiger partial charge in [0.05, 0.1) is 19.1 Å². The molecule has 0 spiro atoms. The van der Waals surface area contributed by atoms with E-state index >= 15 is 0 Å². The smallest absolute Gasteiger partial charge is 0.240 e. The summed E-state index contributed by atoms with van der Waals surface area (Å²) in [5, 5.41) is 2.75. The molecule has 0 fully saturated rings. The number of ether oxygens (including phenoxy) is 1. The van der Waals surface area contributed by atoms with Crippen molar-refractivity contribution in [1.29, 1.82) is 0 Å². The van der Waals surface area contributed by atoms with Crippen LogP contribution in [0.4, 0.5) is 5.69 Å². The van der Waals surface area contributed by atoms with Gasteiger partial charge in [0.1, 0.15) is 12.3 Å². The summed E-state index contributed by atoms with van der Waals surface area (Å²) in [5.74, 6) is 0.195. The van der Waals surface area contributed by atoms with Crippen molar-refractivity contribution in [3.8, 4) is 5.75 Å². The normalized spacial score (nSPS) is 12.6. The monoisotopic (exact) mass is 314 g/mol. The first-order valence-corrected chi connectivity index (χ1v) is 8.54. The van der Waals surface area contributed by atoms with Gasteiger partial charge in [-0.25, -0.2) is 8.42 Å². The molecule has 21 heavy (non-hydrogen) atoms. The van der Waals surface area contributed by atoms with Gasteiger partial charge in [0.15, 0.2) is 0 Å². The quantitative estimate of drug-likeness (QED) is 0.825. The van der Waals surface area contributed by atoms with Gasteiger partial charge in [0.25, 0.3) is 0 Å². The Morgan fingerprint density at radius 3 is 2.62 bits per heavy atom. The average molecular weight is 314 g/mol. The van der Waals surface area contributed by atoms with E-state index in [1.165, 1.54) is 7.11 Å². The summed E-state index contributed by atoms with van der Waals surface area (Å²) in [6.45, 7) is 3.56. The summed E-state index contributed by atoms with van der Waals surface area (Å²) in [6.07, 6.45) is 1.85. The van der Waals surface area contributed by atoms with Gasteiger partial charge in [-0.15, -0.1) is 0 Å². The van der Waals surface area contributed by atoms with Crippen LogP contribution >= 0.6 is 0 Å². The molecular weight excluding hydrogens is 292 g/mol. The summed E-state index contributed by atoms with van der Waals surface area (Å²) in [5.41, 5.74) is 0.399. The standard InChI is InChI=1S/C14H22N2O4S/c1-5-11(2)15-14(17)10-16(21(4,18)19)12-7-6-8-13(9-12)20-3/h6-9,11H,5,10H2,1-4H3,(H,15,17)/t11-/m1/s1. The van der Waals surface area contributed by atoms with Crippen molar-refractivity contribution in [2.45, 2.75) is 26.3 Å². The van der Waals surface area contributed by atoms with Gasteiger partial charge in [-0.1, -0.05) is 13.0 Å². The van der Waals surface area contributed by atoms with Gasteiger partial charge in [-0.3, -0.25) is 9.10 Å². The molecule has 1 amide bonds. The van der Waals surface area contributed by atoms with E-state index in [0.717, 1.165) is 17.0 Å². The Kier molecular flexibility index (Phi) is 6.02. The highest BCUT2D eigenvalue weighted by atomic mass is 32.2. The minimum atomic E-state index is -3.56. The number of hydrogen-bond donors (Lipinski definition) is 1. The molecule has 7 heteroatoms. The second kappa shape index (κ2) is 7.31. The third kappa shape index (κ3) is 5.26. The molecule has 1 rings (SSSR count). The number of anilines is 1. The number of sulfonamides is 1. The number of carbonyl (C=O) groups is 1. The summed E-state index contributed by atoms with van der Waals surface area (Å²) < 4.78 is 30.0. The number of rotatable bonds is 7. The van der Waals surface area contributed by atoms with Crippen LogP contribution < -0.4 is 14.4 Å². The van der Waals surface area contributed by atoms with E-state index in [2.05, 4.69) is 5.32 Å². The van der Waals surface area contributed by atoms with E-state index in [1.54, 1.807) is 24.3 Å². The van der Waals surface area contributed by atoms with Crippen LogP contribution in [0.3, 0.4) is 0 Å². The fourth-order valence-corrected chi connectivity index (χ4v) is 2.57. The van der Waals surface area contributed by atoms with E-state index in [4.69, 9.17) is 4.74 Å². The summed E-state index contributed by atoms with van der Waals surface area (Å²) >= 11 is 0. The van der Waals surface area contributed by atoms with Crippen LogP contribution in [-0.4, -0.2) is 40.3 Å². The molecule has 0 aliphatic heterocycles. The number of nitrogens with one attached hydrogen (secondary N) is 1. The lowest BCUT2D eigenvalue weighted by Crippen LogP contribution is -2.43. The van der Waals surface area contributed by atoms with Crippen molar-refractivity contribution in [2.24, 2.45) is 0 Å². The van der Waals surface area contributed by atoms with Crippen molar-refractivity contribution in [3.05, 3.63) is 24.3 Å². The summed E-state index contributed by atoms with van der Waals surface area (Å²) in [7, 11) is -2.06. The number of carbonyl (C=O) groups excluding carboxylic acids is 1. The topological polar surface area (TPSA) is 75.7 Å². The molecule has 1 N–H and O–H groups in total. The van der Waals surface area contributed by atoms with Crippen LogP contribution in [0.2, 0.25) is 0 Å². The molecule has 0 saturated carbocycles. The van der Waals surface area contributed by atoms with Crippen LogP contribution in [0.1, 0.15) is 20.3 Å². The highest BCUT2D eigenvalue weighted by Gasteiger charge is 2.21. The fourth-order valence-electron chi connectivity index (χ4n) is 1.72. The van der Waals surface area contributed by atoms with Gasteiger partial charge in [0, 0.05) is 12.1 Å². The molecule has 1 aromatic rings. The predicted molar refractivity (Wildman–Crippen MR) is 83.1 cm³/mol. The van der Waals surface area contributed by atoms with Gasteiger partial charge in [-0.05, 0) is 25.5 Å². The zero-order valence-corrected chi connectivity index (χ0v) is 13.6. The van der Waals surface area contributed by atoms with Gasteiger partial charge >= 0.3 is 0 Å². The molecule has 118 valence electrons. The van der Waals surface area contributed by atoms with E-state index in [-0.39, 0.29) is 18.5 Å². The Hall–Kier alpha value is -1.76. The fraction of sp³-hybridized carbons (Fsp3) is 0.500. The zero-order valence-electron chi connectivity index (χ0n) is 12.8. The lowest BCUT2D eigenvalue weighted by Gasteiger charge is -2.23. The van der Waals surface area contributed by atoms with Crippen molar-refractivity contribution < 1.29 is 17.9 Å². The van der Waals surface area contributed by atoms with E-state index in [0.29, 0.717) is 11.4 Å². The molecule has 0 aliphatic rings. The van der Waals surface area contributed by atoms with Crippen molar-refractivity contribution in [1.82, 2.24) is 5.32 Å². The second-order valence-electron chi connectivity index (χ2n) is 4.85. The number of benzene rings is 1. The number of methoxy groups -OCH3 is 1. The van der Waals surface area contributed by atoms with E-state index < -0.39 is 10.0 Å². The third-order valence-electron chi connectivity index (χ3n) is 3.05. The minimum Gasteiger partial charge on any atom is -0.497 e. The van der Waals surface area contributed by atoms with Crippen LogP contribution in [0, 0.1) is 0 Å². The first kappa shape index (κ1) is 17.3. The Morgan fingerprint density at radius 2 is 2.10 bits per heavy atom. The number of amides is 1. The summed E-state index contributed by atoms with van der Waals surface area (Å²) in [4.78, 5) is 11.9. The second-order valence-corrected chi connectivity index (χ2v) is 6.75. The Bertz CT molecular complexity index is 586. The molecule has 0 saturated heterocycles. The van der Waals surface area contributed by atoms with Gasteiger partial charge in [-0.2, -0.15) is 0 Å². The van der Waals surface area contributed by atoms with E-state index in [1.807, 2.05) is 13.8 Å². The maximum atomic E-state index is 11.9. The van der Waals surface area contributed by atoms with Gasteiger partial charge in [0.2, 0.25) is 15.9 Å². The maximum Gasteiger partial charge on any atom is 0.240 e. The Morgan fingerprint density at radius 1 is 1.43 bits per heavy atom. The highest BCUT2D eigenvalue weighted by Crippen LogP contribution is 2.22. The molecule has 0 heterocycles. The SMILES string of the molecule is CC[C@@H](C)NC(=O)CN(c1cccc(OC)c1)S(C)(=O)=O. The zero-order chi connectivity index (χ0) is 16.0. The molecule has 0 radical (unpaired) electrons. The van der Waals surface area contributed by atoms with Crippen LogP contribution in [0.25, 0.3) is 0 Å².